The number of ether oxygens (including phenoxy) is 1. The number of ketones is 2. The third-order valence-electron chi connectivity index (χ3n) is 8.58. The highest BCUT2D eigenvalue weighted by atomic mass is 31.2. The molecule has 0 aliphatic carbocycles. The lowest BCUT2D eigenvalue weighted by molar-refractivity contribution is -0.156. The average Bonchev–Trinajstić information content (AvgIpc) is 3.06. The number of carbonyl (C=O) groups is 3. The Morgan fingerprint density at radius 2 is 1.25 bits per heavy atom. The van der Waals surface area contributed by atoms with Crippen molar-refractivity contribution >= 4 is 32.5 Å². The van der Waals surface area contributed by atoms with Crippen LogP contribution in [0.1, 0.15) is 96.9 Å². The molecule has 0 amide bonds. The predicted molar refractivity (Wildman–Crippen MR) is 215 cm³/mol. The lowest BCUT2D eigenvalue weighted by Gasteiger charge is -2.30. The Bertz CT molecular complexity index is 1650. The highest BCUT2D eigenvalue weighted by Crippen LogP contribution is 2.69. The minimum absolute atomic E-state index is 0.0185. The molecule has 2 aromatic carbocycles. The maximum absolute atomic E-state index is 13.7. The van der Waals surface area contributed by atoms with Crippen molar-refractivity contribution in [2.45, 2.75) is 112 Å². The fourth-order valence-corrected chi connectivity index (χ4v) is 11.7. The fraction of sp³-hybridized carbons (Fsp3) is 0.625. The van der Waals surface area contributed by atoms with Gasteiger partial charge in [-0.2, -0.15) is 0 Å². The zero-order valence-electron chi connectivity index (χ0n) is 34.3. The number of phenols is 2. The van der Waals surface area contributed by atoms with Crippen LogP contribution in [0.2, 0.25) is 0 Å². The second-order valence-electron chi connectivity index (χ2n) is 14.8. The molecule has 2 aromatic rings. The van der Waals surface area contributed by atoms with E-state index in [1.54, 1.807) is 65.8 Å². The van der Waals surface area contributed by atoms with E-state index in [0.29, 0.717) is 24.2 Å². The first-order valence-corrected chi connectivity index (χ1v) is 22.9. The summed E-state index contributed by atoms with van der Waals surface area (Å²) in [5, 5.41) is 20.3. The van der Waals surface area contributed by atoms with Crippen LogP contribution in [-0.2, 0) is 67.8 Å². The SMILES string of the molecule is CCCc1ccc(O)c(CN(CCN(CC(C)=O)Cc2cc(CCC(=O)CC(P(C)(=O)OCC)P(=O)(OCC)OCC)ccc2O)CC(=O)OC(C)(C)C)c1. The van der Waals surface area contributed by atoms with Gasteiger partial charge in [-0.05, 0) is 84.6 Å². The molecule has 0 aliphatic heterocycles. The highest BCUT2D eigenvalue weighted by molar-refractivity contribution is 7.74. The van der Waals surface area contributed by atoms with Gasteiger partial charge in [0.05, 0.1) is 32.9 Å². The van der Waals surface area contributed by atoms with Crippen LogP contribution in [0.25, 0.3) is 0 Å². The first-order chi connectivity index (χ1) is 25.7. The molecule has 0 saturated carbocycles. The molecule has 2 unspecified atom stereocenters. The number of aromatic hydroxyl groups is 2. The van der Waals surface area contributed by atoms with Gasteiger partial charge in [0.25, 0.3) is 0 Å². The van der Waals surface area contributed by atoms with E-state index in [-0.39, 0.29) is 88.3 Å². The van der Waals surface area contributed by atoms with Crippen molar-refractivity contribution in [2.24, 2.45) is 0 Å². The van der Waals surface area contributed by atoms with Gasteiger partial charge in [0.1, 0.15) is 34.1 Å². The van der Waals surface area contributed by atoms with Crippen LogP contribution >= 0.6 is 15.0 Å². The summed E-state index contributed by atoms with van der Waals surface area (Å²) < 4.78 is 49.3. The van der Waals surface area contributed by atoms with Crippen molar-refractivity contribution in [1.82, 2.24) is 9.80 Å². The largest absolute Gasteiger partial charge is 0.508 e. The summed E-state index contributed by atoms with van der Waals surface area (Å²) in [5.74, 6) is -0.656. The van der Waals surface area contributed by atoms with E-state index in [9.17, 15) is 33.7 Å². The van der Waals surface area contributed by atoms with E-state index < -0.39 is 31.9 Å². The van der Waals surface area contributed by atoms with E-state index in [1.165, 1.54) is 13.6 Å². The Morgan fingerprint density at radius 1 is 0.764 bits per heavy atom. The van der Waals surface area contributed by atoms with Crippen LogP contribution in [0.4, 0.5) is 0 Å². The Labute approximate surface area is 328 Å². The van der Waals surface area contributed by atoms with Crippen molar-refractivity contribution < 1.29 is 52.0 Å². The summed E-state index contributed by atoms with van der Waals surface area (Å²) in [6.45, 7) is 16.7. The van der Waals surface area contributed by atoms with Crippen LogP contribution in [0.15, 0.2) is 36.4 Å². The van der Waals surface area contributed by atoms with Gasteiger partial charge in [-0.25, -0.2) is 0 Å². The highest BCUT2D eigenvalue weighted by Gasteiger charge is 2.47. The smallest absolute Gasteiger partial charge is 0.343 e. The van der Waals surface area contributed by atoms with Crippen molar-refractivity contribution in [3.05, 3.63) is 58.7 Å². The van der Waals surface area contributed by atoms with Gasteiger partial charge in [0.15, 0.2) is 0 Å². The fourth-order valence-electron chi connectivity index (χ4n) is 6.23. The first kappa shape index (κ1) is 48.3. The molecule has 0 aliphatic rings. The number of hydrogen-bond donors (Lipinski definition) is 2. The molecule has 15 heteroatoms. The monoisotopic (exact) mass is 810 g/mol. The third kappa shape index (κ3) is 17.0. The minimum atomic E-state index is -3.95. The zero-order valence-corrected chi connectivity index (χ0v) is 36.1. The van der Waals surface area contributed by atoms with Gasteiger partial charge in [-0.15, -0.1) is 0 Å². The molecule has 0 fully saturated rings. The van der Waals surface area contributed by atoms with Gasteiger partial charge in [-0.3, -0.25) is 33.3 Å². The van der Waals surface area contributed by atoms with E-state index in [0.717, 1.165) is 24.0 Å². The number of Topliss-reactive ketones (excluding diaryl/α,β-unsaturated/α-hetero) is 2. The number of carbonyl (C=O) groups excluding carboxylic acids is 3. The normalized spacial score (nSPS) is 13.9. The molecular formula is C40H64N2O11P2. The molecular weight excluding hydrogens is 746 g/mol. The Kier molecular flexibility index (Phi) is 20.0. The van der Waals surface area contributed by atoms with Crippen molar-refractivity contribution in [1.29, 1.82) is 0 Å². The molecule has 0 heterocycles. The summed E-state index contributed by atoms with van der Waals surface area (Å²) in [6.07, 6.45) is 1.80. The van der Waals surface area contributed by atoms with Crippen LogP contribution < -0.4 is 0 Å². The van der Waals surface area contributed by atoms with Gasteiger partial charge >= 0.3 is 13.6 Å². The van der Waals surface area contributed by atoms with E-state index >= 15 is 0 Å². The topological polar surface area (TPSA) is 169 Å². The predicted octanol–water partition coefficient (Wildman–Crippen LogP) is 7.71. The molecule has 2 rings (SSSR count). The minimum Gasteiger partial charge on any atom is -0.508 e. The second kappa shape index (κ2) is 22.7. The standard InChI is InChI=1S/C40H64N2O11P2/c1-10-14-31-16-19-36(45)33(23-31)28-42(29-38(47)53-40(6,7)8)22-21-41(26-30(5)43)27-34-24-32(17-20-37(34)46)15-18-35(44)25-39(54(9,48)50-11-2)55(49,51-12-3)52-13-4/h16-17,19-20,23-24,39,45-46H,10-15,18,21-22,25-29H2,1-9H3. The van der Waals surface area contributed by atoms with Gasteiger partial charge in [-0.1, -0.05) is 37.6 Å². The Morgan fingerprint density at radius 3 is 1.71 bits per heavy atom. The molecule has 13 nitrogen and oxygen atoms in total. The maximum Gasteiger partial charge on any atom is 0.343 e. The number of benzene rings is 2. The molecule has 0 bridgehead atoms. The van der Waals surface area contributed by atoms with Crippen LogP contribution in [-0.4, -0.2) is 101 Å². The number of aryl methyl sites for hydroxylation is 2. The molecule has 0 spiro atoms. The zero-order chi connectivity index (χ0) is 41.4. The number of esters is 1. The van der Waals surface area contributed by atoms with Crippen LogP contribution in [0.5, 0.6) is 11.5 Å². The molecule has 310 valence electrons. The van der Waals surface area contributed by atoms with Crippen molar-refractivity contribution in [3.8, 4) is 11.5 Å². The van der Waals surface area contributed by atoms with Gasteiger partial charge in [0, 0.05) is 56.8 Å². The number of phenolic OH excluding ortho intramolecular Hbond substituents is 2. The summed E-state index contributed by atoms with van der Waals surface area (Å²) in [5.41, 5.74) is 2.36. The Balaban J connectivity index is 2.28. The lowest BCUT2D eigenvalue weighted by Crippen LogP contribution is -2.40. The molecule has 0 aromatic heterocycles. The maximum atomic E-state index is 13.7. The quantitative estimate of drug-likeness (QED) is 0.0701. The van der Waals surface area contributed by atoms with E-state index in [2.05, 4.69) is 6.92 Å². The third-order valence-corrected chi connectivity index (χ3v) is 14.9. The lowest BCUT2D eigenvalue weighted by atomic mass is 10.0. The van der Waals surface area contributed by atoms with Crippen LogP contribution in [0, 0.1) is 0 Å². The average molecular weight is 811 g/mol. The van der Waals surface area contributed by atoms with Crippen molar-refractivity contribution in [3.63, 3.8) is 0 Å². The van der Waals surface area contributed by atoms with E-state index in [4.69, 9.17) is 18.3 Å². The second-order valence-corrected chi connectivity index (χ2v) is 20.1. The van der Waals surface area contributed by atoms with Crippen LogP contribution in [0.3, 0.4) is 0 Å². The van der Waals surface area contributed by atoms with Gasteiger partial charge in [0.2, 0.25) is 7.37 Å². The summed E-state index contributed by atoms with van der Waals surface area (Å²) in [4.78, 5) is 42.5. The summed E-state index contributed by atoms with van der Waals surface area (Å²) in [6, 6.07) is 10.5. The number of rotatable bonds is 26. The van der Waals surface area contributed by atoms with Gasteiger partial charge < -0.3 is 28.5 Å². The molecule has 2 N–H and O–H groups in total. The molecule has 0 saturated heterocycles. The van der Waals surface area contributed by atoms with E-state index in [1.807, 2.05) is 21.9 Å². The molecule has 55 heavy (non-hydrogen) atoms. The first-order valence-electron chi connectivity index (χ1n) is 19.1. The Hall–Kier alpha value is -2.89. The summed E-state index contributed by atoms with van der Waals surface area (Å²) in [7, 11) is -7.52. The number of hydrogen-bond acceptors (Lipinski definition) is 13. The molecule has 0 radical (unpaired) electrons. The van der Waals surface area contributed by atoms with Crippen molar-refractivity contribution in [2.75, 3.05) is 52.7 Å². The summed E-state index contributed by atoms with van der Waals surface area (Å²) >= 11 is 0. The molecule has 2 atom stereocenters. The number of nitrogens with zero attached hydrogens (tertiary/aromatic N) is 2.